The van der Waals surface area contributed by atoms with Crippen LogP contribution in [0.15, 0.2) is 30.3 Å². The average Bonchev–Trinajstić information content (AvgIpc) is 3.01. The Morgan fingerprint density at radius 3 is 2.81 bits per heavy atom. The summed E-state index contributed by atoms with van der Waals surface area (Å²) in [5, 5.41) is 6.46. The van der Waals surface area contributed by atoms with Crippen LogP contribution in [0.1, 0.15) is 20.3 Å². The smallest absolute Gasteiger partial charge is 0.225 e. The monoisotopic (exact) mass is 287 g/mol. The van der Waals surface area contributed by atoms with E-state index in [1.807, 2.05) is 30.3 Å². The van der Waals surface area contributed by atoms with Crippen molar-refractivity contribution in [3.05, 3.63) is 30.3 Å². The van der Waals surface area contributed by atoms with Gasteiger partial charge in [0.2, 0.25) is 5.91 Å². The van der Waals surface area contributed by atoms with Gasteiger partial charge >= 0.3 is 0 Å². The molecule has 4 nitrogen and oxygen atoms in total. The van der Waals surface area contributed by atoms with Gasteiger partial charge in [0.15, 0.2) is 0 Å². The summed E-state index contributed by atoms with van der Waals surface area (Å²) in [5.74, 6) is 1.57. The fourth-order valence-electron chi connectivity index (χ4n) is 3.87. The van der Waals surface area contributed by atoms with Gasteiger partial charge in [-0.05, 0) is 44.4 Å². The molecule has 1 amide bonds. The van der Waals surface area contributed by atoms with Crippen molar-refractivity contribution in [2.45, 2.75) is 25.8 Å². The molecule has 3 rings (SSSR count). The van der Waals surface area contributed by atoms with Crippen molar-refractivity contribution in [2.24, 2.45) is 11.8 Å². The van der Waals surface area contributed by atoms with Crippen LogP contribution in [-0.2, 0) is 4.79 Å². The van der Waals surface area contributed by atoms with Crippen molar-refractivity contribution in [3.8, 4) is 0 Å². The maximum absolute atomic E-state index is 12.1. The van der Waals surface area contributed by atoms with E-state index in [2.05, 4.69) is 29.4 Å². The zero-order valence-corrected chi connectivity index (χ0v) is 12.9. The molecule has 0 bridgehead atoms. The van der Waals surface area contributed by atoms with Crippen LogP contribution in [0.3, 0.4) is 0 Å². The number of rotatable bonds is 4. The van der Waals surface area contributed by atoms with E-state index in [1.54, 1.807) is 0 Å². The van der Waals surface area contributed by atoms with E-state index in [1.165, 1.54) is 0 Å². The van der Waals surface area contributed by atoms with Crippen molar-refractivity contribution >= 4 is 11.6 Å². The zero-order chi connectivity index (χ0) is 14.9. The summed E-state index contributed by atoms with van der Waals surface area (Å²) < 4.78 is 0. The molecule has 0 spiro atoms. The molecule has 2 aliphatic rings. The fraction of sp³-hybridized carbons (Fsp3) is 0.588. The van der Waals surface area contributed by atoms with Crippen molar-refractivity contribution in [2.75, 3.05) is 31.5 Å². The predicted octanol–water partition coefficient (Wildman–Crippen LogP) is 1.94. The predicted molar refractivity (Wildman–Crippen MR) is 85.2 cm³/mol. The maximum atomic E-state index is 12.1. The number of carbonyl (C=O) groups excluding carboxylic acids is 1. The summed E-state index contributed by atoms with van der Waals surface area (Å²) in [6, 6.07) is 9.68. The van der Waals surface area contributed by atoms with Crippen LogP contribution < -0.4 is 10.6 Å². The van der Waals surface area contributed by atoms with E-state index >= 15 is 0 Å². The van der Waals surface area contributed by atoms with Crippen LogP contribution in [0.5, 0.6) is 0 Å². The minimum absolute atomic E-state index is 0.104. The van der Waals surface area contributed by atoms with E-state index in [-0.39, 0.29) is 11.4 Å². The number of fused-ring (bicyclic) bond motifs is 1. The molecule has 2 atom stereocenters. The molecule has 2 saturated heterocycles. The molecule has 2 fully saturated rings. The van der Waals surface area contributed by atoms with Gasteiger partial charge in [-0.1, -0.05) is 18.2 Å². The van der Waals surface area contributed by atoms with Crippen LogP contribution in [-0.4, -0.2) is 42.5 Å². The van der Waals surface area contributed by atoms with Gasteiger partial charge < -0.3 is 10.6 Å². The molecular formula is C17H25N3O. The van der Waals surface area contributed by atoms with Gasteiger partial charge in [0.1, 0.15) is 0 Å². The first-order chi connectivity index (χ1) is 10.1. The Balaban J connectivity index is 1.52. The largest absolute Gasteiger partial charge is 0.326 e. The van der Waals surface area contributed by atoms with E-state index in [0.29, 0.717) is 6.42 Å². The molecule has 2 N–H and O–H groups in total. The highest BCUT2D eigenvalue weighted by molar-refractivity contribution is 5.90. The summed E-state index contributed by atoms with van der Waals surface area (Å²) in [6.07, 6.45) is 0.561. The molecule has 2 heterocycles. The van der Waals surface area contributed by atoms with Crippen molar-refractivity contribution < 1.29 is 4.79 Å². The summed E-state index contributed by atoms with van der Waals surface area (Å²) in [4.78, 5) is 14.6. The number of likely N-dealkylation sites (tertiary alicyclic amines) is 1. The first-order valence-electron chi connectivity index (χ1n) is 7.88. The number of nitrogens with one attached hydrogen (secondary N) is 2. The minimum Gasteiger partial charge on any atom is -0.326 e. The Kier molecular flexibility index (Phi) is 4.00. The number of hydrogen-bond acceptors (Lipinski definition) is 3. The van der Waals surface area contributed by atoms with Gasteiger partial charge in [0, 0.05) is 37.3 Å². The molecule has 2 unspecified atom stereocenters. The summed E-state index contributed by atoms with van der Waals surface area (Å²) in [5.41, 5.74) is 1.07. The van der Waals surface area contributed by atoms with Crippen LogP contribution in [0, 0.1) is 11.8 Å². The Morgan fingerprint density at radius 1 is 1.33 bits per heavy atom. The highest BCUT2D eigenvalue weighted by atomic mass is 16.1. The Hall–Kier alpha value is -1.39. The third-order valence-corrected chi connectivity index (χ3v) is 5.18. The van der Waals surface area contributed by atoms with Gasteiger partial charge in [-0.25, -0.2) is 0 Å². The van der Waals surface area contributed by atoms with Crippen LogP contribution >= 0.6 is 0 Å². The van der Waals surface area contributed by atoms with Crippen molar-refractivity contribution in [1.82, 2.24) is 10.2 Å². The summed E-state index contributed by atoms with van der Waals surface area (Å²) in [6.45, 7) is 8.84. The molecule has 0 aromatic heterocycles. The van der Waals surface area contributed by atoms with Crippen LogP contribution in [0.25, 0.3) is 0 Å². The zero-order valence-electron chi connectivity index (χ0n) is 12.9. The first kappa shape index (κ1) is 14.5. The number of amides is 1. The number of hydrogen-bond donors (Lipinski definition) is 2. The second kappa shape index (κ2) is 5.78. The SMILES string of the molecule is CC1(C)C2CNCC2CN1CCC(=O)Nc1ccccc1. The second-order valence-electron chi connectivity index (χ2n) is 6.79. The Bertz CT molecular complexity index is 500. The minimum atomic E-state index is 0.104. The third kappa shape index (κ3) is 2.97. The summed E-state index contributed by atoms with van der Waals surface area (Å²) in [7, 11) is 0. The van der Waals surface area contributed by atoms with E-state index in [4.69, 9.17) is 0 Å². The number of para-hydroxylation sites is 1. The molecule has 0 saturated carbocycles. The van der Waals surface area contributed by atoms with Gasteiger partial charge in [-0.3, -0.25) is 9.69 Å². The lowest BCUT2D eigenvalue weighted by atomic mass is 9.85. The van der Waals surface area contributed by atoms with E-state index < -0.39 is 0 Å². The lowest BCUT2D eigenvalue weighted by molar-refractivity contribution is -0.116. The molecule has 2 aliphatic heterocycles. The van der Waals surface area contributed by atoms with Gasteiger partial charge in [-0.15, -0.1) is 0 Å². The first-order valence-corrected chi connectivity index (χ1v) is 7.88. The lowest BCUT2D eigenvalue weighted by Crippen LogP contribution is -2.45. The second-order valence-corrected chi connectivity index (χ2v) is 6.79. The molecule has 114 valence electrons. The third-order valence-electron chi connectivity index (χ3n) is 5.18. The van der Waals surface area contributed by atoms with Crippen LogP contribution in [0.4, 0.5) is 5.69 Å². The van der Waals surface area contributed by atoms with Gasteiger partial charge in [0.05, 0.1) is 0 Å². The van der Waals surface area contributed by atoms with Gasteiger partial charge in [0.25, 0.3) is 0 Å². The molecule has 1 aromatic rings. The lowest BCUT2D eigenvalue weighted by Gasteiger charge is -2.35. The molecular weight excluding hydrogens is 262 g/mol. The Labute approximate surface area is 126 Å². The highest BCUT2D eigenvalue weighted by Gasteiger charge is 2.49. The number of carbonyl (C=O) groups is 1. The fourth-order valence-corrected chi connectivity index (χ4v) is 3.87. The summed E-state index contributed by atoms with van der Waals surface area (Å²) >= 11 is 0. The number of anilines is 1. The molecule has 0 aliphatic carbocycles. The Morgan fingerprint density at radius 2 is 2.10 bits per heavy atom. The number of nitrogens with zero attached hydrogens (tertiary/aromatic N) is 1. The highest BCUT2D eigenvalue weighted by Crippen LogP contribution is 2.40. The molecule has 4 heteroatoms. The van der Waals surface area contributed by atoms with Crippen molar-refractivity contribution in [1.29, 1.82) is 0 Å². The topological polar surface area (TPSA) is 44.4 Å². The molecule has 21 heavy (non-hydrogen) atoms. The maximum Gasteiger partial charge on any atom is 0.225 e. The van der Waals surface area contributed by atoms with E-state index in [0.717, 1.165) is 43.7 Å². The quantitative estimate of drug-likeness (QED) is 0.889. The average molecular weight is 287 g/mol. The van der Waals surface area contributed by atoms with Crippen molar-refractivity contribution in [3.63, 3.8) is 0 Å². The molecule has 0 radical (unpaired) electrons. The standard InChI is InChI=1S/C17H25N3O/c1-17(2)15-11-18-10-13(15)12-20(17)9-8-16(21)19-14-6-4-3-5-7-14/h3-7,13,15,18H,8-12H2,1-2H3,(H,19,21). The number of benzene rings is 1. The van der Waals surface area contributed by atoms with Crippen LogP contribution in [0.2, 0.25) is 0 Å². The van der Waals surface area contributed by atoms with E-state index in [9.17, 15) is 4.79 Å². The molecule has 1 aromatic carbocycles. The van der Waals surface area contributed by atoms with Gasteiger partial charge in [-0.2, -0.15) is 0 Å². The normalized spacial score (nSPS) is 27.5.